The maximum Gasteiger partial charge on any atom is -0.0349 e. The quantitative estimate of drug-likeness (QED) is 0.258. The van der Waals surface area contributed by atoms with Gasteiger partial charge in [0.05, 0.1) is 0 Å². The van der Waals surface area contributed by atoms with Crippen LogP contribution < -0.4 is 0 Å². The van der Waals surface area contributed by atoms with E-state index < -0.39 is 0 Å². The first-order chi connectivity index (χ1) is 30.3. The minimum atomic E-state index is 0.500. The zero-order valence-corrected chi connectivity index (χ0v) is 46.6. The fraction of sp³-hybridized carbons (Fsp3) is 1.00. The van der Waals surface area contributed by atoms with E-state index in [1.54, 1.807) is 173 Å². The molecule has 0 N–H and O–H groups in total. The Morgan fingerprint density at radius 2 is 0.500 bits per heavy atom. The van der Waals surface area contributed by atoms with Crippen LogP contribution in [0.5, 0.6) is 0 Å². The predicted octanol–water partition coefficient (Wildman–Crippen LogP) is 22.1. The second-order valence-corrected chi connectivity index (χ2v) is 29.5. The van der Waals surface area contributed by atoms with Gasteiger partial charge in [-0.15, -0.1) is 0 Å². The zero-order valence-electron chi connectivity index (χ0n) is 46.6. The zero-order chi connectivity index (χ0) is 46.6. The molecule has 0 aliphatic heterocycles. The summed E-state index contributed by atoms with van der Waals surface area (Å²) in [4.78, 5) is 0. The topological polar surface area (TPSA) is 0 Å². The maximum atomic E-state index is 2.19. The Kier molecular flexibility index (Phi) is 25.9. The largest absolute Gasteiger partial charge is 0.0604 e. The third-order valence-corrected chi connectivity index (χ3v) is 17.9. The van der Waals surface area contributed by atoms with Crippen molar-refractivity contribution in [2.75, 3.05) is 0 Å². The Balaban J connectivity index is 0.000000186. The summed E-state index contributed by atoms with van der Waals surface area (Å²) in [6, 6.07) is 0. The first kappa shape index (κ1) is 56.6. The Hall–Kier alpha value is 0. The molecule has 0 bridgehead atoms. The van der Waals surface area contributed by atoms with Gasteiger partial charge in [0.2, 0.25) is 0 Å². The van der Waals surface area contributed by atoms with E-state index in [9.17, 15) is 0 Å². The molecule has 0 spiro atoms. The van der Waals surface area contributed by atoms with Gasteiger partial charge in [-0.3, -0.25) is 0 Å². The molecule has 10 atom stereocenters. The van der Waals surface area contributed by atoms with Crippen molar-refractivity contribution in [3.8, 4) is 0 Å². The summed E-state index contributed by atoms with van der Waals surface area (Å²) in [5, 5.41) is 0. The lowest BCUT2D eigenvalue weighted by Gasteiger charge is -2.32. The Morgan fingerprint density at radius 1 is 0.250 bits per heavy atom. The van der Waals surface area contributed by atoms with Crippen molar-refractivity contribution in [2.24, 2.45) is 87.3 Å². The van der Waals surface area contributed by atoms with Crippen molar-refractivity contribution in [3.63, 3.8) is 0 Å². The highest BCUT2D eigenvalue weighted by Crippen LogP contribution is 2.59. The first-order valence-corrected chi connectivity index (χ1v) is 30.3. The lowest BCUT2D eigenvalue weighted by Crippen LogP contribution is -2.22. The minimum Gasteiger partial charge on any atom is -0.0604 e. The van der Waals surface area contributed by atoms with Gasteiger partial charge in [0, 0.05) is 0 Å². The highest BCUT2D eigenvalue weighted by Gasteiger charge is 2.51. The summed E-state index contributed by atoms with van der Waals surface area (Å²) in [7, 11) is 0. The van der Waals surface area contributed by atoms with Crippen molar-refractivity contribution in [1.29, 1.82) is 0 Å². The van der Waals surface area contributed by atoms with Crippen LogP contribution in [-0.4, -0.2) is 0 Å². The second-order valence-electron chi connectivity index (χ2n) is 29.5. The van der Waals surface area contributed by atoms with E-state index in [-0.39, 0.29) is 0 Å². The molecule has 10 fully saturated rings. The SMILES string of the molecule is C1CCC(CC2C3CCCCC3C3CCCCC32)C1.C1CCC2C(C1)CCC2CCC1CCC2CCCCC21.C1CCCC1.C1CCCC1.CC(C)(C)C.CC(C)(C)C.CC(C)(C)C. The van der Waals surface area contributed by atoms with Crippen LogP contribution in [-0.2, 0) is 0 Å². The van der Waals surface area contributed by atoms with E-state index in [0.29, 0.717) is 16.2 Å². The first-order valence-electron chi connectivity index (χ1n) is 30.3. The molecule has 0 aromatic heterocycles. The second kappa shape index (κ2) is 29.2. The number of rotatable bonds is 5. The van der Waals surface area contributed by atoms with Gasteiger partial charge >= 0.3 is 0 Å². The van der Waals surface area contributed by atoms with Crippen LogP contribution in [0.15, 0.2) is 0 Å². The molecule has 10 saturated carbocycles. The number of fused-ring (bicyclic) bond motifs is 5. The van der Waals surface area contributed by atoms with Crippen molar-refractivity contribution in [3.05, 3.63) is 0 Å². The summed E-state index contributed by atoms with van der Waals surface area (Å²) in [5.74, 6) is 13.9. The highest BCUT2D eigenvalue weighted by atomic mass is 14.6. The third-order valence-electron chi connectivity index (χ3n) is 17.9. The lowest BCUT2D eigenvalue weighted by atomic mass is 9.73. The summed E-state index contributed by atoms with van der Waals surface area (Å²) >= 11 is 0. The average Bonchev–Trinajstić information content (AvgIpc) is 4.09. The number of hydrogen-bond donors (Lipinski definition) is 0. The van der Waals surface area contributed by atoms with Crippen LogP contribution in [0.25, 0.3) is 0 Å². The van der Waals surface area contributed by atoms with Crippen molar-refractivity contribution >= 4 is 0 Å². The lowest BCUT2D eigenvalue weighted by molar-refractivity contribution is 0.184. The Bertz CT molecular complexity index is 1020. The van der Waals surface area contributed by atoms with E-state index in [0.717, 1.165) is 41.4 Å². The molecule has 10 rings (SSSR count). The van der Waals surface area contributed by atoms with Crippen LogP contribution in [0.1, 0.15) is 321 Å². The van der Waals surface area contributed by atoms with Gasteiger partial charge in [-0.25, -0.2) is 0 Å². The summed E-state index contributed by atoms with van der Waals surface area (Å²) < 4.78 is 0. The number of hydrogen-bond acceptors (Lipinski definition) is 0. The van der Waals surface area contributed by atoms with Gasteiger partial charge in [-0.2, -0.15) is 0 Å². The van der Waals surface area contributed by atoms with E-state index in [1.807, 2.05) is 0 Å². The average molecular weight is 892 g/mol. The van der Waals surface area contributed by atoms with E-state index in [1.165, 1.54) is 93.8 Å². The Morgan fingerprint density at radius 3 is 0.812 bits per heavy atom. The van der Waals surface area contributed by atoms with Crippen LogP contribution >= 0.6 is 0 Å². The maximum absolute atomic E-state index is 2.19. The fourth-order valence-electron chi connectivity index (χ4n) is 15.4. The van der Waals surface area contributed by atoms with Crippen LogP contribution in [0.4, 0.5) is 0 Å². The van der Waals surface area contributed by atoms with E-state index in [2.05, 4.69) is 83.1 Å². The molecular formula is C64H122. The molecule has 0 aromatic carbocycles. The van der Waals surface area contributed by atoms with Gasteiger partial charge in [0.1, 0.15) is 0 Å². The summed E-state index contributed by atoms with van der Waals surface area (Å²) in [6.45, 7) is 26.2. The molecule has 0 heterocycles. The van der Waals surface area contributed by atoms with Crippen molar-refractivity contribution in [1.82, 2.24) is 0 Å². The molecule has 0 radical (unpaired) electrons. The predicted molar refractivity (Wildman–Crippen MR) is 288 cm³/mol. The molecule has 0 heteroatoms. The molecule has 0 amide bonds. The molecule has 10 aliphatic rings. The van der Waals surface area contributed by atoms with E-state index in [4.69, 9.17) is 0 Å². The molecule has 64 heavy (non-hydrogen) atoms. The van der Waals surface area contributed by atoms with Gasteiger partial charge in [0.15, 0.2) is 0 Å². The van der Waals surface area contributed by atoms with Gasteiger partial charge < -0.3 is 0 Å². The van der Waals surface area contributed by atoms with Crippen molar-refractivity contribution < 1.29 is 0 Å². The monoisotopic (exact) mass is 891 g/mol. The summed E-state index contributed by atoms with van der Waals surface area (Å²) in [6.07, 6.45) is 57.6. The standard InChI is InChI=1S/C20H34.C19H32.2C5H10.3C5H12/c1-3-7-19-15(5-1)9-11-17(19)13-14-18-12-10-16-6-2-4-8-20(16)18;1-2-8-14(7-1)13-19-17-11-5-3-9-15(17)16-10-4-6-12-18(16)19;2*1-2-4-5-3-1;3*1-5(2,3)4/h15-20H,1-14H2;14-19H,1-13H2;2*1-5H2;3*1-4H3. The normalized spacial score (nSPS) is 35.5. The molecule has 0 nitrogen and oxygen atoms in total. The van der Waals surface area contributed by atoms with Crippen LogP contribution in [0.3, 0.4) is 0 Å². The van der Waals surface area contributed by atoms with Gasteiger partial charge in [-0.05, 0) is 171 Å². The third kappa shape index (κ3) is 23.1. The van der Waals surface area contributed by atoms with Gasteiger partial charge in [-0.1, -0.05) is 237 Å². The molecule has 10 aliphatic carbocycles. The van der Waals surface area contributed by atoms with Gasteiger partial charge in [0.25, 0.3) is 0 Å². The minimum absolute atomic E-state index is 0.500. The van der Waals surface area contributed by atoms with Crippen LogP contribution in [0.2, 0.25) is 0 Å². The van der Waals surface area contributed by atoms with E-state index >= 15 is 0 Å². The molecule has 0 aromatic rings. The molecule has 10 unspecified atom stereocenters. The molecular weight excluding hydrogens is 769 g/mol. The van der Waals surface area contributed by atoms with Crippen LogP contribution in [0, 0.1) is 87.3 Å². The summed E-state index contributed by atoms with van der Waals surface area (Å²) in [5.41, 5.74) is 1.50. The fourth-order valence-corrected chi connectivity index (χ4v) is 15.4. The Labute approximate surface area is 406 Å². The van der Waals surface area contributed by atoms with Crippen molar-refractivity contribution in [2.45, 2.75) is 321 Å². The smallest absolute Gasteiger partial charge is 0.0349 e. The highest BCUT2D eigenvalue weighted by molar-refractivity contribution is 5.00. The molecule has 378 valence electrons. The molecule has 0 saturated heterocycles.